The van der Waals surface area contributed by atoms with Gasteiger partial charge < -0.3 is 19.9 Å². The van der Waals surface area contributed by atoms with Gasteiger partial charge in [0.1, 0.15) is 5.82 Å². The van der Waals surface area contributed by atoms with Crippen molar-refractivity contribution in [1.82, 2.24) is 15.1 Å². The maximum Gasteiger partial charge on any atom is 0.306 e. The monoisotopic (exact) mass is 393 g/mol. The summed E-state index contributed by atoms with van der Waals surface area (Å²) in [5.41, 5.74) is 0.331. The van der Waals surface area contributed by atoms with Crippen molar-refractivity contribution in [3.05, 3.63) is 35.6 Å². The van der Waals surface area contributed by atoms with Crippen molar-refractivity contribution in [2.24, 2.45) is 0 Å². The number of hydrogen-bond acceptors (Lipinski definition) is 5. The van der Waals surface area contributed by atoms with E-state index in [0.29, 0.717) is 31.7 Å². The van der Waals surface area contributed by atoms with E-state index in [1.165, 1.54) is 13.0 Å². The van der Waals surface area contributed by atoms with Crippen molar-refractivity contribution < 1.29 is 28.3 Å². The number of rotatable bonds is 7. The molecular formula is C19H24FN3O5. The third-order valence-electron chi connectivity index (χ3n) is 4.42. The number of ether oxygens (including phenoxy) is 1. The SMILES string of the molecule is CC(=O)N1CCN(C(=O)CCC(=O)OCC(=O)NCc2ccccc2F)CC1. The molecule has 0 aromatic heterocycles. The van der Waals surface area contributed by atoms with Gasteiger partial charge in [-0.2, -0.15) is 0 Å². The number of piperazine rings is 1. The lowest BCUT2D eigenvalue weighted by atomic mass is 10.2. The molecule has 9 heteroatoms. The van der Waals surface area contributed by atoms with Crippen LogP contribution in [0, 0.1) is 5.82 Å². The molecule has 28 heavy (non-hydrogen) atoms. The van der Waals surface area contributed by atoms with Crippen LogP contribution < -0.4 is 5.32 Å². The molecule has 8 nitrogen and oxygen atoms in total. The van der Waals surface area contributed by atoms with Crippen molar-refractivity contribution >= 4 is 23.7 Å². The average Bonchev–Trinajstić information content (AvgIpc) is 2.69. The summed E-state index contributed by atoms with van der Waals surface area (Å²) in [4.78, 5) is 50.1. The molecule has 0 atom stereocenters. The van der Waals surface area contributed by atoms with Crippen LogP contribution in [0.4, 0.5) is 4.39 Å². The number of hydrogen-bond donors (Lipinski definition) is 1. The Morgan fingerprint density at radius 1 is 1.04 bits per heavy atom. The van der Waals surface area contributed by atoms with E-state index in [0.717, 1.165) is 0 Å². The lowest BCUT2D eigenvalue weighted by Gasteiger charge is -2.34. The molecule has 3 amide bonds. The molecule has 0 spiro atoms. The molecular weight excluding hydrogens is 369 g/mol. The van der Waals surface area contributed by atoms with Gasteiger partial charge >= 0.3 is 5.97 Å². The van der Waals surface area contributed by atoms with Crippen molar-refractivity contribution in [3.8, 4) is 0 Å². The van der Waals surface area contributed by atoms with Gasteiger partial charge in [-0.25, -0.2) is 4.39 Å². The standard InChI is InChI=1S/C19H24FN3O5/c1-14(24)22-8-10-23(11-9-22)18(26)6-7-19(27)28-13-17(25)21-12-15-4-2-3-5-16(15)20/h2-5H,6-13H2,1H3,(H,21,25). The topological polar surface area (TPSA) is 96.0 Å². The van der Waals surface area contributed by atoms with Crippen molar-refractivity contribution in [2.75, 3.05) is 32.8 Å². The molecule has 0 bridgehead atoms. The second-order valence-corrected chi connectivity index (χ2v) is 6.42. The first-order chi connectivity index (χ1) is 13.4. The van der Waals surface area contributed by atoms with Crippen LogP contribution in [0.3, 0.4) is 0 Å². The van der Waals surface area contributed by atoms with Gasteiger partial charge in [-0.1, -0.05) is 18.2 Å². The maximum atomic E-state index is 13.5. The molecule has 1 heterocycles. The predicted octanol–water partition coefficient (Wildman–Crippen LogP) is 0.456. The molecule has 1 aliphatic rings. The Morgan fingerprint density at radius 3 is 2.32 bits per heavy atom. The van der Waals surface area contributed by atoms with Crippen LogP contribution in [0.25, 0.3) is 0 Å². The summed E-state index contributed by atoms with van der Waals surface area (Å²) in [7, 11) is 0. The molecule has 1 aromatic rings. The largest absolute Gasteiger partial charge is 0.456 e. The van der Waals surface area contributed by atoms with Gasteiger partial charge in [0.15, 0.2) is 6.61 Å². The van der Waals surface area contributed by atoms with E-state index in [1.54, 1.807) is 28.0 Å². The van der Waals surface area contributed by atoms with E-state index in [1.807, 2.05) is 0 Å². The van der Waals surface area contributed by atoms with Crippen molar-refractivity contribution in [3.63, 3.8) is 0 Å². The molecule has 0 aliphatic carbocycles. The number of carbonyl (C=O) groups is 4. The first-order valence-electron chi connectivity index (χ1n) is 9.06. The van der Waals surface area contributed by atoms with Crippen molar-refractivity contribution in [2.45, 2.75) is 26.3 Å². The zero-order valence-electron chi connectivity index (χ0n) is 15.8. The highest BCUT2D eigenvalue weighted by atomic mass is 19.1. The Bertz CT molecular complexity index is 732. The van der Waals surface area contributed by atoms with E-state index in [2.05, 4.69) is 5.32 Å². The van der Waals surface area contributed by atoms with Crippen molar-refractivity contribution in [1.29, 1.82) is 0 Å². The molecule has 2 rings (SSSR count). The highest BCUT2D eigenvalue weighted by molar-refractivity contribution is 5.84. The van der Waals surface area contributed by atoms with E-state index >= 15 is 0 Å². The number of nitrogens with one attached hydrogen (secondary N) is 1. The third-order valence-corrected chi connectivity index (χ3v) is 4.42. The van der Waals surface area contributed by atoms with Crippen LogP contribution in [-0.2, 0) is 30.5 Å². The summed E-state index contributed by atoms with van der Waals surface area (Å²) in [6.07, 6.45) is -0.151. The van der Waals surface area contributed by atoms with Crippen LogP contribution in [0.2, 0.25) is 0 Å². The number of nitrogens with zero attached hydrogens (tertiary/aromatic N) is 2. The predicted molar refractivity (Wildman–Crippen MR) is 97.3 cm³/mol. The first-order valence-corrected chi connectivity index (χ1v) is 9.06. The van der Waals surface area contributed by atoms with E-state index in [-0.39, 0.29) is 31.2 Å². The van der Waals surface area contributed by atoms with E-state index < -0.39 is 24.3 Å². The van der Waals surface area contributed by atoms with Crippen LogP contribution >= 0.6 is 0 Å². The summed E-state index contributed by atoms with van der Waals surface area (Å²) in [5.74, 6) is -1.85. The summed E-state index contributed by atoms with van der Waals surface area (Å²) in [5, 5.41) is 2.46. The van der Waals surface area contributed by atoms with E-state index in [4.69, 9.17) is 4.74 Å². The molecule has 1 N–H and O–H groups in total. The zero-order valence-corrected chi connectivity index (χ0v) is 15.8. The molecule has 1 aliphatic heterocycles. The minimum absolute atomic E-state index is 0.00617. The van der Waals surface area contributed by atoms with Gasteiger partial charge in [0.25, 0.3) is 5.91 Å². The van der Waals surface area contributed by atoms with Gasteiger partial charge in [-0.3, -0.25) is 19.2 Å². The normalized spacial score (nSPS) is 13.8. The molecule has 1 fully saturated rings. The van der Waals surface area contributed by atoms with Gasteiger partial charge in [0.05, 0.1) is 6.42 Å². The first kappa shape index (κ1) is 21.3. The Kier molecular flexibility index (Phi) is 7.91. The zero-order chi connectivity index (χ0) is 20.5. The Hall–Kier alpha value is -2.97. The number of esters is 1. The second-order valence-electron chi connectivity index (χ2n) is 6.42. The molecule has 0 unspecified atom stereocenters. The fraction of sp³-hybridized carbons (Fsp3) is 0.474. The minimum Gasteiger partial charge on any atom is -0.456 e. The molecule has 0 saturated carbocycles. The average molecular weight is 393 g/mol. The Labute approximate surface area is 162 Å². The minimum atomic E-state index is -0.656. The Morgan fingerprint density at radius 2 is 1.68 bits per heavy atom. The number of benzene rings is 1. The van der Waals surface area contributed by atoms with Gasteiger partial charge in [-0.05, 0) is 6.07 Å². The van der Waals surface area contributed by atoms with E-state index in [9.17, 15) is 23.6 Å². The van der Waals surface area contributed by atoms with Crippen LogP contribution in [0.15, 0.2) is 24.3 Å². The Balaban J connectivity index is 1.62. The fourth-order valence-electron chi connectivity index (χ4n) is 2.74. The lowest BCUT2D eigenvalue weighted by molar-refractivity contribution is -0.150. The quantitative estimate of drug-likeness (QED) is 0.679. The summed E-state index contributed by atoms with van der Waals surface area (Å²) >= 11 is 0. The number of carbonyl (C=O) groups excluding carboxylic acids is 4. The molecule has 152 valence electrons. The molecule has 0 radical (unpaired) electrons. The summed E-state index contributed by atoms with van der Waals surface area (Å²) in [6.45, 7) is 2.83. The fourth-order valence-corrected chi connectivity index (χ4v) is 2.74. The summed E-state index contributed by atoms with van der Waals surface area (Å²) in [6, 6.07) is 6.04. The third kappa shape index (κ3) is 6.64. The highest BCUT2D eigenvalue weighted by Gasteiger charge is 2.22. The van der Waals surface area contributed by atoms with Crippen LogP contribution in [-0.4, -0.2) is 66.3 Å². The van der Waals surface area contributed by atoms with Gasteiger partial charge in [0.2, 0.25) is 11.8 Å². The maximum absolute atomic E-state index is 13.5. The molecule has 1 aromatic carbocycles. The highest BCUT2D eigenvalue weighted by Crippen LogP contribution is 2.07. The smallest absolute Gasteiger partial charge is 0.306 e. The van der Waals surface area contributed by atoms with Crippen LogP contribution in [0.5, 0.6) is 0 Å². The number of halogens is 1. The van der Waals surface area contributed by atoms with Gasteiger partial charge in [-0.15, -0.1) is 0 Å². The number of amides is 3. The second kappa shape index (κ2) is 10.4. The van der Waals surface area contributed by atoms with Crippen LogP contribution in [0.1, 0.15) is 25.3 Å². The molecule has 1 saturated heterocycles. The van der Waals surface area contributed by atoms with Gasteiger partial charge in [0, 0.05) is 51.6 Å². The lowest BCUT2D eigenvalue weighted by Crippen LogP contribution is -2.50. The summed E-state index contributed by atoms with van der Waals surface area (Å²) < 4.78 is 18.3.